The molecule has 0 atom stereocenters. The molecule has 0 radical (unpaired) electrons. The third-order valence-corrected chi connectivity index (χ3v) is 3.46. The molecule has 0 spiro atoms. The Kier molecular flexibility index (Phi) is 3.83. The van der Waals surface area contributed by atoms with E-state index in [0.29, 0.717) is 5.88 Å². The molecule has 0 saturated heterocycles. The summed E-state index contributed by atoms with van der Waals surface area (Å²) in [6.45, 7) is 3.57. The average Bonchev–Trinajstić information content (AvgIpc) is 2.84. The van der Waals surface area contributed by atoms with Gasteiger partial charge in [0.1, 0.15) is 5.65 Å². The Morgan fingerprint density at radius 2 is 2.10 bits per heavy atom. The minimum Gasteiger partial charge on any atom is -0.481 e. The van der Waals surface area contributed by atoms with Gasteiger partial charge in [0.05, 0.1) is 18.5 Å². The maximum absolute atomic E-state index is 5.05. The van der Waals surface area contributed by atoms with Crippen molar-refractivity contribution in [2.45, 2.75) is 20.0 Å². The van der Waals surface area contributed by atoms with Crippen molar-refractivity contribution in [3.8, 4) is 5.88 Å². The molecule has 0 aromatic carbocycles. The van der Waals surface area contributed by atoms with Crippen LogP contribution in [0.1, 0.15) is 17.0 Å². The van der Waals surface area contributed by atoms with E-state index >= 15 is 0 Å². The summed E-state index contributed by atoms with van der Waals surface area (Å²) in [6, 6.07) is 9.92. The number of ether oxygens (including phenoxy) is 1. The van der Waals surface area contributed by atoms with Crippen molar-refractivity contribution < 1.29 is 4.74 Å². The Morgan fingerprint density at radius 1 is 1.19 bits per heavy atom. The number of methoxy groups -OCH3 is 1. The minimum absolute atomic E-state index is 0.636. The molecule has 3 aromatic heterocycles. The van der Waals surface area contributed by atoms with Gasteiger partial charge in [-0.3, -0.25) is 0 Å². The number of pyridine rings is 2. The van der Waals surface area contributed by atoms with Gasteiger partial charge < -0.3 is 14.5 Å². The van der Waals surface area contributed by atoms with E-state index in [1.807, 2.05) is 49.6 Å². The summed E-state index contributed by atoms with van der Waals surface area (Å²) in [5.74, 6) is 0.636. The van der Waals surface area contributed by atoms with E-state index in [0.717, 1.165) is 30.0 Å². The summed E-state index contributed by atoms with van der Waals surface area (Å²) in [5, 5.41) is 3.43. The van der Waals surface area contributed by atoms with Gasteiger partial charge in [0.25, 0.3) is 0 Å². The zero-order valence-corrected chi connectivity index (χ0v) is 12.2. The van der Waals surface area contributed by atoms with Crippen LogP contribution < -0.4 is 10.1 Å². The summed E-state index contributed by atoms with van der Waals surface area (Å²) in [5.41, 5.74) is 4.36. The second-order valence-electron chi connectivity index (χ2n) is 4.89. The van der Waals surface area contributed by atoms with Gasteiger partial charge in [-0.1, -0.05) is 12.1 Å². The summed E-state index contributed by atoms with van der Waals surface area (Å²) in [4.78, 5) is 8.76. The maximum Gasteiger partial charge on any atom is 0.212 e. The molecule has 0 unspecified atom stereocenters. The molecule has 3 aromatic rings. The lowest BCUT2D eigenvalue weighted by Crippen LogP contribution is -2.15. The maximum atomic E-state index is 5.05. The summed E-state index contributed by atoms with van der Waals surface area (Å²) >= 11 is 0. The molecule has 3 heterocycles. The first-order chi connectivity index (χ1) is 10.3. The highest BCUT2D eigenvalue weighted by Gasteiger charge is 2.07. The second kappa shape index (κ2) is 5.93. The van der Waals surface area contributed by atoms with Crippen LogP contribution in [0.2, 0.25) is 0 Å². The lowest BCUT2D eigenvalue weighted by atomic mass is 10.2. The average molecular weight is 282 g/mol. The third kappa shape index (κ3) is 2.87. The van der Waals surface area contributed by atoms with Crippen LogP contribution in [0.25, 0.3) is 5.65 Å². The number of fused-ring (bicyclic) bond motifs is 1. The second-order valence-corrected chi connectivity index (χ2v) is 4.89. The molecule has 3 rings (SSSR count). The van der Waals surface area contributed by atoms with Crippen molar-refractivity contribution >= 4 is 5.65 Å². The number of nitrogens with zero attached hydrogens (tertiary/aromatic N) is 3. The largest absolute Gasteiger partial charge is 0.481 e. The molecule has 0 amide bonds. The highest BCUT2D eigenvalue weighted by Crippen LogP contribution is 2.12. The van der Waals surface area contributed by atoms with E-state index < -0.39 is 0 Å². The van der Waals surface area contributed by atoms with Crippen molar-refractivity contribution in [2.75, 3.05) is 7.11 Å². The molecule has 108 valence electrons. The molecule has 1 N–H and O–H groups in total. The highest BCUT2D eigenvalue weighted by molar-refractivity contribution is 5.42. The molecule has 5 nitrogen and oxygen atoms in total. The van der Waals surface area contributed by atoms with Crippen LogP contribution in [0.4, 0.5) is 0 Å². The predicted molar refractivity (Wildman–Crippen MR) is 81.3 cm³/mol. The van der Waals surface area contributed by atoms with Crippen LogP contribution in [0.5, 0.6) is 5.88 Å². The van der Waals surface area contributed by atoms with Crippen molar-refractivity contribution in [3.05, 3.63) is 59.7 Å². The van der Waals surface area contributed by atoms with Gasteiger partial charge in [-0.25, -0.2) is 9.97 Å². The molecule has 0 aliphatic carbocycles. The van der Waals surface area contributed by atoms with Crippen LogP contribution in [0.3, 0.4) is 0 Å². The van der Waals surface area contributed by atoms with Crippen LogP contribution in [0, 0.1) is 6.92 Å². The number of imidazole rings is 1. The van der Waals surface area contributed by atoms with Gasteiger partial charge in [-0.15, -0.1) is 0 Å². The van der Waals surface area contributed by atoms with E-state index in [-0.39, 0.29) is 0 Å². The van der Waals surface area contributed by atoms with E-state index in [1.54, 1.807) is 7.11 Å². The molecule has 21 heavy (non-hydrogen) atoms. The van der Waals surface area contributed by atoms with Gasteiger partial charge in [-0.2, -0.15) is 0 Å². The summed E-state index contributed by atoms with van der Waals surface area (Å²) in [7, 11) is 1.62. The smallest absolute Gasteiger partial charge is 0.212 e. The molecule has 5 heteroatoms. The van der Waals surface area contributed by atoms with Crippen LogP contribution in [-0.4, -0.2) is 21.5 Å². The van der Waals surface area contributed by atoms with E-state index in [4.69, 9.17) is 4.74 Å². The standard InChI is InChI=1S/C16H18N4O/c1-12-14(20-8-4-3-5-15(20)19-12)11-17-9-13-6-7-16(21-2)18-10-13/h3-8,10,17H,9,11H2,1-2H3. The van der Waals surface area contributed by atoms with Crippen molar-refractivity contribution in [3.63, 3.8) is 0 Å². The van der Waals surface area contributed by atoms with Gasteiger partial charge in [0.2, 0.25) is 5.88 Å². The monoisotopic (exact) mass is 282 g/mol. The Balaban J connectivity index is 1.67. The first kappa shape index (κ1) is 13.6. The lowest BCUT2D eigenvalue weighted by molar-refractivity contribution is 0.397. The molecule has 0 aliphatic rings. The van der Waals surface area contributed by atoms with Crippen LogP contribution >= 0.6 is 0 Å². The zero-order chi connectivity index (χ0) is 14.7. The lowest BCUT2D eigenvalue weighted by Gasteiger charge is -2.06. The normalized spacial score (nSPS) is 11.0. The molecule has 0 fully saturated rings. The van der Waals surface area contributed by atoms with Gasteiger partial charge in [-0.05, 0) is 24.6 Å². The highest BCUT2D eigenvalue weighted by atomic mass is 16.5. The Hall–Kier alpha value is -2.40. The summed E-state index contributed by atoms with van der Waals surface area (Å²) in [6.07, 6.45) is 3.87. The van der Waals surface area contributed by atoms with Crippen LogP contribution in [0.15, 0.2) is 42.7 Å². The van der Waals surface area contributed by atoms with E-state index in [2.05, 4.69) is 19.7 Å². The van der Waals surface area contributed by atoms with Crippen molar-refractivity contribution in [1.29, 1.82) is 0 Å². The number of hydrogen-bond acceptors (Lipinski definition) is 4. The quantitative estimate of drug-likeness (QED) is 0.780. The number of aromatic nitrogens is 3. The molecular formula is C16H18N4O. The molecule has 0 aliphatic heterocycles. The minimum atomic E-state index is 0.636. The van der Waals surface area contributed by atoms with Gasteiger partial charge in [0.15, 0.2) is 0 Å². The predicted octanol–water partition coefficient (Wildman–Crippen LogP) is 2.34. The summed E-state index contributed by atoms with van der Waals surface area (Å²) < 4.78 is 7.17. The fourth-order valence-corrected chi connectivity index (χ4v) is 2.34. The first-order valence-electron chi connectivity index (χ1n) is 6.90. The number of hydrogen-bond donors (Lipinski definition) is 1. The Bertz CT molecular complexity index is 734. The van der Waals surface area contributed by atoms with E-state index in [1.165, 1.54) is 5.69 Å². The van der Waals surface area contributed by atoms with E-state index in [9.17, 15) is 0 Å². The number of rotatable bonds is 5. The first-order valence-corrected chi connectivity index (χ1v) is 6.90. The zero-order valence-electron chi connectivity index (χ0n) is 12.2. The topological polar surface area (TPSA) is 51.5 Å². The molecule has 0 bridgehead atoms. The van der Waals surface area contributed by atoms with Crippen molar-refractivity contribution in [2.24, 2.45) is 0 Å². The number of aryl methyl sites for hydroxylation is 1. The molecular weight excluding hydrogens is 264 g/mol. The Morgan fingerprint density at radius 3 is 2.86 bits per heavy atom. The van der Waals surface area contributed by atoms with Crippen LogP contribution in [-0.2, 0) is 13.1 Å². The fourth-order valence-electron chi connectivity index (χ4n) is 2.34. The Labute approximate surface area is 123 Å². The van der Waals surface area contributed by atoms with Crippen molar-refractivity contribution in [1.82, 2.24) is 19.7 Å². The molecule has 0 saturated carbocycles. The SMILES string of the molecule is COc1ccc(CNCc2c(C)nc3ccccn23)cn1. The number of nitrogens with one attached hydrogen (secondary N) is 1. The van der Waals surface area contributed by atoms with Gasteiger partial charge in [0, 0.05) is 31.5 Å². The third-order valence-electron chi connectivity index (χ3n) is 3.46. The fraction of sp³-hybridized carbons (Fsp3) is 0.250. The van der Waals surface area contributed by atoms with Gasteiger partial charge >= 0.3 is 0 Å².